The van der Waals surface area contributed by atoms with Gasteiger partial charge < -0.3 is 9.64 Å². The predicted octanol–water partition coefficient (Wildman–Crippen LogP) is 2.98. The molecule has 0 saturated heterocycles. The van der Waals surface area contributed by atoms with Crippen molar-refractivity contribution in [2.75, 3.05) is 26.1 Å². The first-order chi connectivity index (χ1) is 8.61. The maximum Gasteiger partial charge on any atom is 0.237 e. The maximum absolute atomic E-state index is 5.33. The molecule has 1 unspecified atom stereocenters. The van der Waals surface area contributed by atoms with Crippen LogP contribution in [-0.2, 0) is 4.74 Å². The summed E-state index contributed by atoms with van der Waals surface area (Å²) in [5.74, 6) is 0.750. The molecule has 0 bridgehead atoms. The monoisotopic (exact) mass is 263 g/mol. The summed E-state index contributed by atoms with van der Waals surface area (Å²) in [5.41, 5.74) is 2.23. The van der Waals surface area contributed by atoms with Gasteiger partial charge in [-0.3, -0.25) is 0 Å². The number of benzene rings is 1. The SMILES string of the molecule is COC(C)c1cccc(-c2nc(N(C)C)ns2)c1. The van der Waals surface area contributed by atoms with E-state index in [1.165, 1.54) is 11.5 Å². The second-order valence-corrected chi connectivity index (χ2v) is 5.05. The zero-order valence-electron chi connectivity index (χ0n) is 11.0. The molecule has 2 aromatic rings. The van der Waals surface area contributed by atoms with Crippen molar-refractivity contribution < 1.29 is 4.74 Å². The van der Waals surface area contributed by atoms with Crippen LogP contribution >= 0.6 is 11.5 Å². The second-order valence-electron chi connectivity index (χ2n) is 4.30. The minimum Gasteiger partial charge on any atom is -0.377 e. The number of anilines is 1. The Morgan fingerprint density at radius 1 is 1.33 bits per heavy atom. The van der Waals surface area contributed by atoms with Crippen molar-refractivity contribution >= 4 is 17.5 Å². The Hall–Kier alpha value is -1.46. The average Bonchev–Trinajstić information content (AvgIpc) is 2.88. The molecule has 2 rings (SSSR count). The molecule has 0 fully saturated rings. The third kappa shape index (κ3) is 2.68. The lowest BCUT2D eigenvalue weighted by Crippen LogP contribution is -2.09. The molecule has 96 valence electrons. The van der Waals surface area contributed by atoms with Gasteiger partial charge in [0.2, 0.25) is 5.95 Å². The maximum atomic E-state index is 5.33. The smallest absolute Gasteiger partial charge is 0.237 e. The number of ether oxygens (including phenoxy) is 1. The molecule has 1 aromatic heterocycles. The van der Waals surface area contributed by atoms with E-state index in [0.717, 1.165) is 22.1 Å². The van der Waals surface area contributed by atoms with Gasteiger partial charge in [0.05, 0.1) is 6.10 Å². The van der Waals surface area contributed by atoms with E-state index in [1.54, 1.807) is 7.11 Å². The van der Waals surface area contributed by atoms with Crippen LogP contribution in [0.5, 0.6) is 0 Å². The predicted molar refractivity (Wildman–Crippen MR) is 75.1 cm³/mol. The van der Waals surface area contributed by atoms with Crippen LogP contribution in [0.2, 0.25) is 0 Å². The fourth-order valence-corrected chi connectivity index (χ4v) is 2.30. The molecule has 1 atom stereocenters. The summed E-state index contributed by atoms with van der Waals surface area (Å²) in [6.45, 7) is 2.03. The highest BCUT2D eigenvalue weighted by molar-refractivity contribution is 7.09. The summed E-state index contributed by atoms with van der Waals surface area (Å²) >= 11 is 1.42. The van der Waals surface area contributed by atoms with E-state index >= 15 is 0 Å². The lowest BCUT2D eigenvalue weighted by molar-refractivity contribution is 0.119. The summed E-state index contributed by atoms with van der Waals surface area (Å²) in [5, 5.41) is 0.934. The van der Waals surface area contributed by atoms with Gasteiger partial charge in [0.25, 0.3) is 0 Å². The Kier molecular flexibility index (Phi) is 3.93. The van der Waals surface area contributed by atoms with Crippen molar-refractivity contribution in [2.24, 2.45) is 0 Å². The Bertz CT molecular complexity index is 524. The molecular formula is C13H17N3OS. The topological polar surface area (TPSA) is 38.2 Å². The van der Waals surface area contributed by atoms with Crippen LogP contribution < -0.4 is 4.90 Å². The molecule has 0 amide bonds. The van der Waals surface area contributed by atoms with Crippen LogP contribution in [0, 0.1) is 0 Å². The van der Waals surface area contributed by atoms with Gasteiger partial charge in [-0.1, -0.05) is 18.2 Å². The normalized spacial score (nSPS) is 12.4. The van der Waals surface area contributed by atoms with E-state index in [-0.39, 0.29) is 6.10 Å². The molecule has 0 radical (unpaired) electrons. The zero-order valence-corrected chi connectivity index (χ0v) is 11.9. The summed E-state index contributed by atoms with van der Waals surface area (Å²) in [7, 11) is 5.59. The third-order valence-electron chi connectivity index (χ3n) is 2.77. The van der Waals surface area contributed by atoms with Gasteiger partial charge in [0.15, 0.2) is 0 Å². The van der Waals surface area contributed by atoms with Gasteiger partial charge in [-0.25, -0.2) is 0 Å². The summed E-state index contributed by atoms with van der Waals surface area (Å²) < 4.78 is 9.64. The third-order valence-corrected chi connectivity index (χ3v) is 3.53. The first kappa shape index (κ1) is 13.0. The lowest BCUT2D eigenvalue weighted by atomic mass is 10.1. The molecule has 5 heteroatoms. The minimum absolute atomic E-state index is 0.0891. The molecule has 18 heavy (non-hydrogen) atoms. The summed E-state index contributed by atoms with van der Waals surface area (Å²) in [6.07, 6.45) is 0.0891. The van der Waals surface area contributed by atoms with Crippen molar-refractivity contribution in [3.05, 3.63) is 29.8 Å². The molecule has 0 N–H and O–H groups in total. The molecule has 0 aliphatic carbocycles. The van der Waals surface area contributed by atoms with Crippen molar-refractivity contribution in [1.29, 1.82) is 0 Å². The Morgan fingerprint density at radius 2 is 2.11 bits per heavy atom. The van der Waals surface area contributed by atoms with E-state index in [9.17, 15) is 0 Å². The van der Waals surface area contributed by atoms with Crippen molar-refractivity contribution in [1.82, 2.24) is 9.36 Å². The number of methoxy groups -OCH3 is 1. The van der Waals surface area contributed by atoms with E-state index in [1.807, 2.05) is 38.1 Å². The minimum atomic E-state index is 0.0891. The number of aromatic nitrogens is 2. The number of hydrogen-bond acceptors (Lipinski definition) is 5. The van der Waals surface area contributed by atoms with Gasteiger partial charge in [-0.2, -0.15) is 9.36 Å². The number of nitrogens with zero attached hydrogens (tertiary/aromatic N) is 3. The van der Waals surface area contributed by atoms with Gasteiger partial charge in [0.1, 0.15) is 5.01 Å². The van der Waals surface area contributed by atoms with Gasteiger partial charge >= 0.3 is 0 Å². The molecule has 1 heterocycles. The van der Waals surface area contributed by atoms with Gasteiger partial charge in [-0.15, -0.1) is 0 Å². The fraction of sp³-hybridized carbons (Fsp3) is 0.385. The van der Waals surface area contributed by atoms with Gasteiger partial charge in [-0.05, 0) is 30.1 Å². The van der Waals surface area contributed by atoms with Crippen LogP contribution in [0.15, 0.2) is 24.3 Å². The Balaban J connectivity index is 2.32. The van der Waals surface area contributed by atoms with E-state index < -0.39 is 0 Å². The van der Waals surface area contributed by atoms with Gasteiger partial charge in [0, 0.05) is 26.8 Å². The molecule has 0 spiro atoms. The molecule has 1 aromatic carbocycles. The highest BCUT2D eigenvalue weighted by Crippen LogP contribution is 2.27. The summed E-state index contributed by atoms with van der Waals surface area (Å²) in [6, 6.07) is 8.24. The first-order valence-electron chi connectivity index (χ1n) is 5.76. The number of hydrogen-bond donors (Lipinski definition) is 0. The highest BCUT2D eigenvalue weighted by atomic mass is 32.1. The average molecular weight is 263 g/mol. The number of rotatable bonds is 4. The van der Waals surface area contributed by atoms with Crippen LogP contribution in [0.3, 0.4) is 0 Å². The largest absolute Gasteiger partial charge is 0.377 e. The Labute approximate surface area is 111 Å². The van der Waals surface area contributed by atoms with Crippen molar-refractivity contribution in [3.8, 4) is 10.6 Å². The van der Waals surface area contributed by atoms with E-state index in [4.69, 9.17) is 4.74 Å². The highest BCUT2D eigenvalue weighted by Gasteiger charge is 2.10. The molecular weight excluding hydrogens is 246 g/mol. The van der Waals surface area contributed by atoms with Crippen molar-refractivity contribution in [2.45, 2.75) is 13.0 Å². The zero-order chi connectivity index (χ0) is 13.1. The molecule has 0 aliphatic rings. The summed E-state index contributed by atoms with van der Waals surface area (Å²) in [4.78, 5) is 6.40. The molecule has 0 aliphatic heterocycles. The molecule has 4 nitrogen and oxygen atoms in total. The van der Waals surface area contributed by atoms with Crippen LogP contribution in [0.25, 0.3) is 10.6 Å². The van der Waals surface area contributed by atoms with E-state index in [2.05, 4.69) is 21.5 Å². The lowest BCUT2D eigenvalue weighted by Gasteiger charge is -2.10. The van der Waals surface area contributed by atoms with Crippen LogP contribution in [-0.4, -0.2) is 30.6 Å². The standard InChI is InChI=1S/C13H17N3OS/c1-9(17-4)10-6-5-7-11(8-10)12-14-13(15-18-12)16(2)3/h5-9H,1-4H3. The quantitative estimate of drug-likeness (QED) is 0.850. The van der Waals surface area contributed by atoms with E-state index in [0.29, 0.717) is 0 Å². The van der Waals surface area contributed by atoms with Crippen LogP contribution in [0.4, 0.5) is 5.95 Å². The Morgan fingerprint density at radius 3 is 2.72 bits per heavy atom. The van der Waals surface area contributed by atoms with Crippen LogP contribution in [0.1, 0.15) is 18.6 Å². The fourth-order valence-electron chi connectivity index (χ4n) is 1.58. The first-order valence-corrected chi connectivity index (χ1v) is 6.53. The second kappa shape index (κ2) is 5.46. The molecule has 0 saturated carbocycles. The van der Waals surface area contributed by atoms with Crippen molar-refractivity contribution in [3.63, 3.8) is 0 Å².